The fourth-order valence-corrected chi connectivity index (χ4v) is 4.58. The van der Waals surface area contributed by atoms with Gasteiger partial charge in [-0.25, -0.2) is 0 Å². The summed E-state index contributed by atoms with van der Waals surface area (Å²) in [5, 5.41) is 3.24. The van der Waals surface area contributed by atoms with Crippen molar-refractivity contribution in [1.82, 2.24) is 5.32 Å². The molecule has 0 aliphatic heterocycles. The molecule has 1 aliphatic rings. The first-order valence-electron chi connectivity index (χ1n) is 10.9. The molecule has 0 spiro atoms. The Morgan fingerprint density at radius 3 is 1.96 bits per heavy atom. The van der Waals surface area contributed by atoms with Gasteiger partial charge in [0.1, 0.15) is 0 Å². The van der Waals surface area contributed by atoms with Crippen molar-refractivity contribution in [2.45, 2.75) is 96.9 Å². The number of nitrogens with one attached hydrogen (secondary N) is 1. The van der Waals surface area contributed by atoms with Gasteiger partial charge in [-0.1, -0.05) is 79.0 Å². The molecule has 1 aliphatic carbocycles. The molecule has 1 aromatic carbocycles. The Hall–Kier alpha value is -1.35. The third-order valence-corrected chi connectivity index (χ3v) is 6.34. The van der Waals surface area contributed by atoms with E-state index < -0.39 is 6.04 Å². The first-order valence-corrected chi connectivity index (χ1v) is 10.9. The normalized spacial score (nSPS) is 18.1. The molecule has 3 N–H and O–H groups in total. The van der Waals surface area contributed by atoms with Crippen LogP contribution in [0.1, 0.15) is 102 Å². The summed E-state index contributed by atoms with van der Waals surface area (Å²) in [6.07, 6.45) is 6.05. The predicted octanol–water partition coefficient (Wildman–Crippen LogP) is 5.23. The number of carbonyl (C=O) groups is 1. The lowest BCUT2D eigenvalue weighted by Crippen LogP contribution is -2.50. The number of benzene rings is 1. The van der Waals surface area contributed by atoms with Crippen LogP contribution in [0.4, 0.5) is 0 Å². The lowest BCUT2D eigenvalue weighted by Gasteiger charge is -2.42. The first kappa shape index (κ1) is 21.9. The van der Waals surface area contributed by atoms with E-state index in [4.69, 9.17) is 5.73 Å². The van der Waals surface area contributed by atoms with Crippen molar-refractivity contribution in [3.8, 4) is 0 Å². The second-order valence-corrected chi connectivity index (χ2v) is 9.45. The van der Waals surface area contributed by atoms with E-state index in [1.807, 2.05) is 13.8 Å². The molecule has 0 heterocycles. The largest absolute Gasteiger partial charge is 0.354 e. The standard InChI is InChI=1S/C24H40N2O/c1-16(2)19-11-10-12-20(17(3)4)21(19)24(13-8-7-9-14-24)15-26-23(27)22(25)18(5)6/h10-12,16-18,22H,7-9,13-15,25H2,1-6H3,(H,26,27)/t22-/m0/s1. The summed E-state index contributed by atoms with van der Waals surface area (Å²) < 4.78 is 0. The summed E-state index contributed by atoms with van der Waals surface area (Å²) in [6.45, 7) is 13.9. The van der Waals surface area contributed by atoms with Gasteiger partial charge in [-0.3, -0.25) is 4.79 Å². The van der Waals surface area contributed by atoms with Gasteiger partial charge in [-0.05, 0) is 47.3 Å². The van der Waals surface area contributed by atoms with Gasteiger partial charge in [0.25, 0.3) is 0 Å². The topological polar surface area (TPSA) is 55.1 Å². The van der Waals surface area contributed by atoms with Crippen molar-refractivity contribution < 1.29 is 4.79 Å². The van der Waals surface area contributed by atoms with Crippen LogP contribution in [-0.2, 0) is 10.2 Å². The third kappa shape index (κ3) is 4.93. The van der Waals surface area contributed by atoms with Crippen molar-refractivity contribution in [1.29, 1.82) is 0 Å². The maximum Gasteiger partial charge on any atom is 0.237 e. The highest BCUT2D eigenvalue weighted by Gasteiger charge is 2.38. The molecule has 1 aromatic rings. The summed E-state index contributed by atoms with van der Waals surface area (Å²) in [5.74, 6) is 1.10. The molecule has 0 radical (unpaired) electrons. The number of hydrogen-bond donors (Lipinski definition) is 2. The molecule has 0 bridgehead atoms. The van der Waals surface area contributed by atoms with Gasteiger partial charge in [0.15, 0.2) is 0 Å². The molecular weight excluding hydrogens is 332 g/mol. The van der Waals surface area contributed by atoms with E-state index in [0.717, 1.165) is 12.8 Å². The summed E-state index contributed by atoms with van der Waals surface area (Å²) in [4.78, 5) is 12.6. The Bertz CT molecular complexity index is 601. The van der Waals surface area contributed by atoms with E-state index in [1.54, 1.807) is 0 Å². The summed E-state index contributed by atoms with van der Waals surface area (Å²) in [5.41, 5.74) is 10.5. The number of amides is 1. The SMILES string of the molecule is CC(C)c1cccc(C(C)C)c1C1(CNC(=O)[C@@H](N)C(C)C)CCCCC1. The van der Waals surface area contributed by atoms with Crippen LogP contribution in [-0.4, -0.2) is 18.5 Å². The highest BCUT2D eigenvalue weighted by Crippen LogP contribution is 2.45. The number of nitrogens with two attached hydrogens (primary N) is 1. The molecule has 1 saturated carbocycles. The minimum absolute atomic E-state index is 0.0110. The van der Waals surface area contributed by atoms with Crippen LogP contribution in [0, 0.1) is 5.92 Å². The minimum atomic E-state index is -0.435. The fraction of sp³-hybridized carbons (Fsp3) is 0.708. The molecular formula is C24H40N2O. The van der Waals surface area contributed by atoms with Crippen molar-refractivity contribution in [2.75, 3.05) is 6.54 Å². The zero-order valence-electron chi connectivity index (χ0n) is 18.3. The van der Waals surface area contributed by atoms with Crippen LogP contribution < -0.4 is 11.1 Å². The van der Waals surface area contributed by atoms with Gasteiger partial charge in [-0.15, -0.1) is 0 Å². The number of rotatable bonds is 7. The van der Waals surface area contributed by atoms with Crippen molar-refractivity contribution >= 4 is 5.91 Å². The Morgan fingerprint density at radius 1 is 1.00 bits per heavy atom. The predicted molar refractivity (Wildman–Crippen MR) is 115 cm³/mol. The lowest BCUT2D eigenvalue weighted by atomic mass is 9.64. The van der Waals surface area contributed by atoms with Crippen LogP contribution in [0.15, 0.2) is 18.2 Å². The maximum absolute atomic E-state index is 12.6. The molecule has 1 atom stereocenters. The van der Waals surface area contributed by atoms with Gasteiger partial charge < -0.3 is 11.1 Å². The second kappa shape index (κ2) is 9.23. The summed E-state index contributed by atoms with van der Waals surface area (Å²) >= 11 is 0. The Kier molecular flexibility index (Phi) is 7.50. The molecule has 0 saturated heterocycles. The quantitative estimate of drug-likeness (QED) is 0.688. The van der Waals surface area contributed by atoms with Gasteiger partial charge in [0, 0.05) is 12.0 Å². The van der Waals surface area contributed by atoms with E-state index in [-0.39, 0.29) is 17.2 Å². The molecule has 3 nitrogen and oxygen atoms in total. The summed E-state index contributed by atoms with van der Waals surface area (Å²) in [6, 6.07) is 6.36. The molecule has 0 aromatic heterocycles. The van der Waals surface area contributed by atoms with E-state index in [1.165, 1.54) is 36.0 Å². The van der Waals surface area contributed by atoms with Crippen LogP contribution in [0.2, 0.25) is 0 Å². The monoisotopic (exact) mass is 372 g/mol. The molecule has 152 valence electrons. The minimum Gasteiger partial charge on any atom is -0.354 e. The van der Waals surface area contributed by atoms with Crippen molar-refractivity contribution in [3.63, 3.8) is 0 Å². The van der Waals surface area contributed by atoms with Gasteiger partial charge in [-0.2, -0.15) is 0 Å². The molecule has 1 fully saturated rings. The molecule has 27 heavy (non-hydrogen) atoms. The molecule has 0 unspecified atom stereocenters. The third-order valence-electron chi connectivity index (χ3n) is 6.34. The van der Waals surface area contributed by atoms with Gasteiger partial charge in [0.2, 0.25) is 5.91 Å². The highest BCUT2D eigenvalue weighted by molar-refractivity contribution is 5.81. The smallest absolute Gasteiger partial charge is 0.237 e. The van der Waals surface area contributed by atoms with Crippen LogP contribution >= 0.6 is 0 Å². The van der Waals surface area contributed by atoms with Crippen LogP contribution in [0.3, 0.4) is 0 Å². The van der Waals surface area contributed by atoms with Crippen LogP contribution in [0.5, 0.6) is 0 Å². The van der Waals surface area contributed by atoms with E-state index >= 15 is 0 Å². The van der Waals surface area contributed by atoms with E-state index in [9.17, 15) is 4.79 Å². The number of carbonyl (C=O) groups excluding carboxylic acids is 1. The maximum atomic E-state index is 12.6. The van der Waals surface area contributed by atoms with E-state index in [0.29, 0.717) is 18.4 Å². The van der Waals surface area contributed by atoms with Crippen molar-refractivity contribution in [3.05, 3.63) is 34.9 Å². The molecule has 2 rings (SSSR count). The lowest BCUT2D eigenvalue weighted by molar-refractivity contribution is -0.123. The molecule has 1 amide bonds. The molecule has 3 heteroatoms. The number of hydrogen-bond acceptors (Lipinski definition) is 2. The van der Waals surface area contributed by atoms with Gasteiger partial charge >= 0.3 is 0 Å². The fourth-order valence-electron chi connectivity index (χ4n) is 4.58. The Morgan fingerprint density at radius 2 is 1.52 bits per heavy atom. The van der Waals surface area contributed by atoms with Crippen LogP contribution in [0.25, 0.3) is 0 Å². The van der Waals surface area contributed by atoms with Crippen molar-refractivity contribution in [2.24, 2.45) is 11.7 Å². The average molecular weight is 373 g/mol. The first-order chi connectivity index (χ1) is 12.7. The highest BCUT2D eigenvalue weighted by atomic mass is 16.2. The Balaban J connectivity index is 2.46. The Labute approximate surface area is 166 Å². The zero-order valence-corrected chi connectivity index (χ0v) is 18.3. The van der Waals surface area contributed by atoms with Gasteiger partial charge in [0.05, 0.1) is 6.04 Å². The summed E-state index contributed by atoms with van der Waals surface area (Å²) in [7, 11) is 0. The average Bonchev–Trinajstić information content (AvgIpc) is 2.65. The van der Waals surface area contributed by atoms with E-state index in [2.05, 4.69) is 51.2 Å². The zero-order chi connectivity index (χ0) is 20.2. The second-order valence-electron chi connectivity index (χ2n) is 9.45.